The van der Waals surface area contributed by atoms with Crippen LogP contribution in [0, 0.1) is 11.8 Å². The predicted molar refractivity (Wildman–Crippen MR) is 90.5 cm³/mol. The van der Waals surface area contributed by atoms with E-state index in [1.165, 1.54) is 16.7 Å². The number of rotatable bonds is 2. The van der Waals surface area contributed by atoms with Gasteiger partial charge in [0.25, 0.3) is 0 Å². The van der Waals surface area contributed by atoms with E-state index in [0.717, 1.165) is 32.1 Å². The first-order chi connectivity index (χ1) is 11.2. The molecule has 2 aromatic rings. The molecule has 1 fully saturated rings. The molecule has 1 N–H and O–H groups in total. The number of benzene rings is 2. The van der Waals surface area contributed by atoms with Crippen molar-refractivity contribution < 1.29 is 9.90 Å². The van der Waals surface area contributed by atoms with Gasteiger partial charge in [0, 0.05) is 12.3 Å². The number of ketones is 1. The Morgan fingerprint density at radius 1 is 1.00 bits per heavy atom. The van der Waals surface area contributed by atoms with Crippen LogP contribution in [-0.4, -0.2) is 10.9 Å². The van der Waals surface area contributed by atoms with E-state index in [9.17, 15) is 9.90 Å². The van der Waals surface area contributed by atoms with Crippen molar-refractivity contribution in [2.75, 3.05) is 0 Å². The van der Waals surface area contributed by atoms with Crippen molar-refractivity contribution in [3.63, 3.8) is 0 Å². The Morgan fingerprint density at radius 3 is 2.61 bits per heavy atom. The van der Waals surface area contributed by atoms with Gasteiger partial charge >= 0.3 is 0 Å². The van der Waals surface area contributed by atoms with Crippen LogP contribution >= 0.6 is 0 Å². The fraction of sp³-hybridized carbons (Fsp3) is 0.381. The van der Waals surface area contributed by atoms with E-state index in [1.54, 1.807) is 6.07 Å². The van der Waals surface area contributed by atoms with Crippen LogP contribution in [0.1, 0.15) is 41.9 Å². The molecule has 118 valence electrons. The van der Waals surface area contributed by atoms with E-state index in [4.69, 9.17) is 0 Å². The average molecular weight is 306 g/mol. The van der Waals surface area contributed by atoms with Gasteiger partial charge in [-0.25, -0.2) is 0 Å². The molecule has 0 heterocycles. The second-order valence-electron chi connectivity index (χ2n) is 7.01. The highest BCUT2D eigenvalue weighted by Gasteiger charge is 2.41. The maximum atomic E-state index is 12.7. The van der Waals surface area contributed by atoms with Crippen molar-refractivity contribution in [2.45, 2.75) is 38.0 Å². The Balaban J connectivity index is 1.72. The molecule has 2 aliphatic rings. The lowest BCUT2D eigenvalue weighted by Gasteiger charge is -2.42. The second kappa shape index (κ2) is 5.84. The number of phenols is 1. The van der Waals surface area contributed by atoms with Crippen LogP contribution in [0.4, 0.5) is 0 Å². The second-order valence-corrected chi connectivity index (χ2v) is 7.01. The normalized spacial score (nSPS) is 26.4. The van der Waals surface area contributed by atoms with Gasteiger partial charge < -0.3 is 5.11 Å². The summed E-state index contributed by atoms with van der Waals surface area (Å²) < 4.78 is 0. The van der Waals surface area contributed by atoms with Gasteiger partial charge in [-0.1, -0.05) is 36.4 Å². The molecule has 0 bridgehead atoms. The van der Waals surface area contributed by atoms with Crippen molar-refractivity contribution in [3.8, 4) is 5.75 Å². The number of carbonyl (C=O) groups excluding carboxylic acids is 1. The summed E-state index contributed by atoms with van der Waals surface area (Å²) >= 11 is 0. The smallest absolute Gasteiger partial charge is 0.136 e. The van der Waals surface area contributed by atoms with E-state index in [0.29, 0.717) is 23.4 Å². The van der Waals surface area contributed by atoms with Crippen molar-refractivity contribution >= 4 is 5.78 Å². The summed E-state index contributed by atoms with van der Waals surface area (Å²) in [6.45, 7) is 0. The van der Waals surface area contributed by atoms with Crippen molar-refractivity contribution in [2.24, 2.45) is 11.8 Å². The van der Waals surface area contributed by atoms with Crippen LogP contribution in [-0.2, 0) is 17.6 Å². The third-order valence-corrected chi connectivity index (χ3v) is 5.69. The first-order valence-corrected chi connectivity index (χ1v) is 8.61. The zero-order valence-corrected chi connectivity index (χ0v) is 13.2. The van der Waals surface area contributed by atoms with Crippen molar-refractivity contribution in [3.05, 3.63) is 65.2 Å². The maximum Gasteiger partial charge on any atom is 0.136 e. The fourth-order valence-electron chi connectivity index (χ4n) is 4.60. The Bertz CT molecular complexity index is 720. The molecule has 2 heteroatoms. The van der Waals surface area contributed by atoms with Crippen LogP contribution in [0.15, 0.2) is 48.5 Å². The van der Waals surface area contributed by atoms with E-state index in [-0.39, 0.29) is 5.92 Å². The summed E-state index contributed by atoms with van der Waals surface area (Å²) in [5.74, 6) is 1.76. The molecule has 1 saturated carbocycles. The minimum absolute atomic E-state index is 0.0831. The van der Waals surface area contributed by atoms with Gasteiger partial charge in [-0.3, -0.25) is 4.79 Å². The van der Waals surface area contributed by atoms with Crippen LogP contribution in [0.2, 0.25) is 0 Å². The first-order valence-electron chi connectivity index (χ1n) is 8.61. The molecule has 0 aliphatic heterocycles. The standard InChI is InChI=1S/C21H22O2/c22-17-9-10-18-16(13-17)7-6-15-8-11-20(23)19(21(15)18)12-14-4-2-1-3-5-14/h1-5,9-10,13,15,19,21-22H,6-8,11-12H2/t15?,19-,21+/m1/s1. The van der Waals surface area contributed by atoms with Crippen LogP contribution < -0.4 is 0 Å². The van der Waals surface area contributed by atoms with Crippen molar-refractivity contribution in [1.29, 1.82) is 0 Å². The number of Topliss-reactive ketones (excluding diaryl/α,β-unsaturated/α-hetero) is 1. The van der Waals surface area contributed by atoms with Gasteiger partial charge in [-0.05, 0) is 66.3 Å². The molecule has 0 radical (unpaired) electrons. The van der Waals surface area contributed by atoms with E-state index >= 15 is 0 Å². The minimum Gasteiger partial charge on any atom is -0.508 e. The molecule has 2 aliphatic carbocycles. The van der Waals surface area contributed by atoms with Crippen LogP contribution in [0.3, 0.4) is 0 Å². The molecule has 1 unspecified atom stereocenters. The third-order valence-electron chi connectivity index (χ3n) is 5.69. The third kappa shape index (κ3) is 2.67. The van der Waals surface area contributed by atoms with Gasteiger partial charge in [-0.2, -0.15) is 0 Å². The lowest BCUT2D eigenvalue weighted by molar-refractivity contribution is -0.126. The molecule has 2 aromatic carbocycles. The van der Waals surface area contributed by atoms with Crippen LogP contribution in [0.5, 0.6) is 5.75 Å². The Labute approximate surface area is 137 Å². The fourth-order valence-corrected chi connectivity index (χ4v) is 4.60. The topological polar surface area (TPSA) is 37.3 Å². The van der Waals surface area contributed by atoms with Crippen molar-refractivity contribution in [1.82, 2.24) is 0 Å². The number of aryl methyl sites for hydroxylation is 1. The number of hydrogen-bond acceptors (Lipinski definition) is 2. The van der Waals surface area contributed by atoms with Gasteiger partial charge in [-0.15, -0.1) is 0 Å². The van der Waals surface area contributed by atoms with Gasteiger partial charge in [0.1, 0.15) is 11.5 Å². The highest BCUT2D eigenvalue weighted by molar-refractivity contribution is 5.83. The lowest BCUT2D eigenvalue weighted by Crippen LogP contribution is -2.37. The summed E-state index contributed by atoms with van der Waals surface area (Å²) in [5, 5.41) is 9.77. The number of carbonyl (C=O) groups is 1. The summed E-state index contributed by atoms with van der Waals surface area (Å²) in [5.41, 5.74) is 3.78. The van der Waals surface area contributed by atoms with Gasteiger partial charge in [0.2, 0.25) is 0 Å². The minimum atomic E-state index is 0.0831. The summed E-state index contributed by atoms with van der Waals surface area (Å²) in [6, 6.07) is 16.1. The summed E-state index contributed by atoms with van der Waals surface area (Å²) in [6.07, 6.45) is 4.75. The Morgan fingerprint density at radius 2 is 1.78 bits per heavy atom. The molecule has 3 atom stereocenters. The first kappa shape index (κ1) is 14.5. The number of phenolic OH excluding ortho intramolecular Hbond substituents is 1. The molecular formula is C21H22O2. The highest BCUT2D eigenvalue weighted by atomic mass is 16.3. The zero-order chi connectivity index (χ0) is 15.8. The average Bonchev–Trinajstić information content (AvgIpc) is 2.57. The Kier molecular flexibility index (Phi) is 3.68. The molecule has 0 saturated heterocycles. The summed E-state index contributed by atoms with van der Waals surface area (Å²) in [4.78, 5) is 12.7. The number of fused-ring (bicyclic) bond motifs is 3. The SMILES string of the molecule is O=C1CCC2CCc3cc(O)ccc3[C@H]2[C@@H]1Cc1ccccc1. The molecule has 23 heavy (non-hydrogen) atoms. The predicted octanol–water partition coefficient (Wildman–Crippen LogP) is 4.26. The van der Waals surface area contributed by atoms with E-state index in [2.05, 4.69) is 18.2 Å². The largest absolute Gasteiger partial charge is 0.508 e. The highest BCUT2D eigenvalue weighted by Crippen LogP contribution is 2.48. The Hall–Kier alpha value is -2.09. The summed E-state index contributed by atoms with van der Waals surface area (Å²) in [7, 11) is 0. The monoisotopic (exact) mass is 306 g/mol. The van der Waals surface area contributed by atoms with Gasteiger partial charge in [0.05, 0.1) is 0 Å². The lowest BCUT2D eigenvalue weighted by atomic mass is 9.61. The molecule has 2 nitrogen and oxygen atoms in total. The number of aromatic hydroxyl groups is 1. The zero-order valence-electron chi connectivity index (χ0n) is 13.2. The molecular weight excluding hydrogens is 284 g/mol. The molecule has 0 spiro atoms. The molecule has 0 aromatic heterocycles. The quantitative estimate of drug-likeness (QED) is 0.900. The maximum absolute atomic E-state index is 12.7. The molecule has 0 amide bonds. The van der Waals surface area contributed by atoms with Gasteiger partial charge in [0.15, 0.2) is 0 Å². The number of hydrogen-bond donors (Lipinski definition) is 1. The van der Waals surface area contributed by atoms with Crippen LogP contribution in [0.25, 0.3) is 0 Å². The molecule has 4 rings (SSSR count). The van der Waals surface area contributed by atoms with E-state index in [1.807, 2.05) is 24.3 Å². The van der Waals surface area contributed by atoms with E-state index < -0.39 is 0 Å².